The molecule has 1 fully saturated rings. The maximum absolute atomic E-state index is 11.1. The highest BCUT2D eigenvalue weighted by molar-refractivity contribution is 5.92. The lowest BCUT2D eigenvalue weighted by Crippen LogP contribution is -2.27. The Morgan fingerprint density at radius 3 is 2.81 bits per heavy atom. The van der Waals surface area contributed by atoms with Gasteiger partial charge in [-0.25, -0.2) is 9.78 Å². The van der Waals surface area contributed by atoms with Gasteiger partial charge < -0.3 is 14.6 Å². The summed E-state index contributed by atoms with van der Waals surface area (Å²) in [6.45, 7) is 6.62. The molecule has 112 valence electrons. The van der Waals surface area contributed by atoms with E-state index in [1.807, 2.05) is 6.33 Å². The van der Waals surface area contributed by atoms with Crippen LogP contribution in [0.4, 0.5) is 0 Å². The van der Waals surface area contributed by atoms with Crippen LogP contribution in [0.25, 0.3) is 11.0 Å². The Hall–Kier alpha value is -1.88. The molecule has 0 saturated carbocycles. The van der Waals surface area contributed by atoms with Crippen molar-refractivity contribution in [1.82, 2.24) is 14.5 Å². The van der Waals surface area contributed by atoms with E-state index < -0.39 is 5.97 Å². The summed E-state index contributed by atoms with van der Waals surface area (Å²) in [5.74, 6) is -0.372. The Morgan fingerprint density at radius 2 is 2.10 bits per heavy atom. The molecule has 1 aromatic carbocycles. The number of carboxylic acids is 1. The van der Waals surface area contributed by atoms with E-state index in [9.17, 15) is 4.79 Å². The molecule has 0 aliphatic carbocycles. The predicted molar refractivity (Wildman–Crippen MR) is 81.5 cm³/mol. The van der Waals surface area contributed by atoms with E-state index in [4.69, 9.17) is 5.11 Å². The number of fused-ring (bicyclic) bond motifs is 1. The van der Waals surface area contributed by atoms with Gasteiger partial charge in [0.2, 0.25) is 0 Å². The molecule has 2 heterocycles. The van der Waals surface area contributed by atoms with E-state index in [1.165, 1.54) is 25.9 Å². The molecule has 3 rings (SSSR count). The smallest absolute Gasteiger partial charge is 0.335 e. The minimum atomic E-state index is -0.894. The molecule has 21 heavy (non-hydrogen) atoms. The van der Waals surface area contributed by atoms with Crippen molar-refractivity contribution in [3.63, 3.8) is 0 Å². The molecule has 5 heteroatoms. The van der Waals surface area contributed by atoms with Crippen LogP contribution in [0.1, 0.15) is 30.1 Å². The molecule has 1 N–H and O–H groups in total. The van der Waals surface area contributed by atoms with Gasteiger partial charge in [-0.1, -0.05) is 6.92 Å². The van der Waals surface area contributed by atoms with Gasteiger partial charge in [-0.15, -0.1) is 0 Å². The summed E-state index contributed by atoms with van der Waals surface area (Å²) < 4.78 is 2.07. The maximum Gasteiger partial charge on any atom is 0.335 e. The second kappa shape index (κ2) is 5.85. The zero-order chi connectivity index (χ0) is 14.8. The summed E-state index contributed by atoms with van der Waals surface area (Å²) in [7, 11) is 0. The number of likely N-dealkylation sites (tertiary alicyclic amines) is 1. The number of benzene rings is 1. The quantitative estimate of drug-likeness (QED) is 0.917. The number of carboxylic acid groups (broad SMARTS) is 1. The van der Waals surface area contributed by atoms with E-state index in [0.29, 0.717) is 11.5 Å². The highest BCUT2D eigenvalue weighted by atomic mass is 16.4. The number of nitrogens with zero attached hydrogens (tertiary/aromatic N) is 3. The first kappa shape index (κ1) is 14.1. The van der Waals surface area contributed by atoms with Crippen LogP contribution in [0, 0.1) is 5.92 Å². The van der Waals surface area contributed by atoms with Crippen LogP contribution in [0.2, 0.25) is 0 Å². The van der Waals surface area contributed by atoms with Gasteiger partial charge in [0.05, 0.1) is 22.9 Å². The maximum atomic E-state index is 11.1. The highest BCUT2D eigenvalue weighted by Gasteiger charge is 2.16. The van der Waals surface area contributed by atoms with Gasteiger partial charge in [0.15, 0.2) is 0 Å². The first-order valence-corrected chi connectivity index (χ1v) is 7.54. The first-order valence-electron chi connectivity index (χ1n) is 7.54. The topological polar surface area (TPSA) is 58.4 Å². The largest absolute Gasteiger partial charge is 0.478 e. The Balaban J connectivity index is 1.76. The summed E-state index contributed by atoms with van der Waals surface area (Å²) in [6.07, 6.45) is 4.43. The number of rotatable bonds is 5. The fraction of sp³-hybridized carbons (Fsp3) is 0.500. The van der Waals surface area contributed by atoms with Crippen molar-refractivity contribution < 1.29 is 9.90 Å². The first-order chi connectivity index (χ1) is 10.1. The van der Waals surface area contributed by atoms with E-state index in [0.717, 1.165) is 24.1 Å². The zero-order valence-corrected chi connectivity index (χ0v) is 12.3. The molecule has 1 aliphatic rings. The van der Waals surface area contributed by atoms with Gasteiger partial charge in [-0.05, 0) is 50.0 Å². The van der Waals surface area contributed by atoms with Crippen LogP contribution < -0.4 is 0 Å². The number of aromatic carboxylic acids is 1. The summed E-state index contributed by atoms with van der Waals surface area (Å²) >= 11 is 0. The minimum Gasteiger partial charge on any atom is -0.478 e. The molecular formula is C16H21N3O2. The number of imidazole rings is 1. The number of hydrogen-bond acceptors (Lipinski definition) is 3. The van der Waals surface area contributed by atoms with Crippen LogP contribution in [-0.4, -0.2) is 45.2 Å². The average molecular weight is 287 g/mol. The normalized spacial score (nSPS) is 17.4. The van der Waals surface area contributed by atoms with Crippen molar-refractivity contribution in [3.05, 3.63) is 30.1 Å². The predicted octanol–water partition coefficient (Wildman–Crippen LogP) is 2.47. The van der Waals surface area contributed by atoms with Gasteiger partial charge in [-0.2, -0.15) is 0 Å². The van der Waals surface area contributed by atoms with Gasteiger partial charge in [0.1, 0.15) is 0 Å². The minimum absolute atomic E-state index is 0.316. The summed E-state index contributed by atoms with van der Waals surface area (Å²) in [5, 5.41) is 9.11. The van der Waals surface area contributed by atoms with Crippen LogP contribution in [0.15, 0.2) is 24.5 Å². The van der Waals surface area contributed by atoms with Crippen molar-refractivity contribution in [1.29, 1.82) is 0 Å². The third-order valence-electron chi connectivity index (χ3n) is 4.14. The molecule has 2 aromatic rings. The summed E-state index contributed by atoms with van der Waals surface area (Å²) in [6, 6.07) is 5.10. The van der Waals surface area contributed by atoms with Gasteiger partial charge in [-0.3, -0.25) is 0 Å². The lowest BCUT2D eigenvalue weighted by molar-refractivity contribution is 0.0697. The molecule has 0 spiro atoms. The summed E-state index contributed by atoms with van der Waals surface area (Å²) in [5.41, 5.74) is 2.08. The van der Waals surface area contributed by atoms with E-state index in [-0.39, 0.29) is 0 Å². The molecule has 0 radical (unpaired) electrons. The molecule has 1 saturated heterocycles. The molecule has 1 unspecified atom stereocenters. The molecule has 0 amide bonds. The van der Waals surface area contributed by atoms with Crippen molar-refractivity contribution in [3.8, 4) is 0 Å². The zero-order valence-electron chi connectivity index (χ0n) is 12.3. The van der Waals surface area contributed by atoms with E-state index in [1.54, 1.807) is 18.2 Å². The summed E-state index contributed by atoms with van der Waals surface area (Å²) in [4.78, 5) is 18.0. The van der Waals surface area contributed by atoms with Crippen LogP contribution >= 0.6 is 0 Å². The lowest BCUT2D eigenvalue weighted by atomic mass is 10.1. The Bertz CT molecular complexity index is 644. The van der Waals surface area contributed by atoms with Gasteiger partial charge in [0, 0.05) is 13.1 Å². The van der Waals surface area contributed by atoms with E-state index >= 15 is 0 Å². The number of hydrogen-bond donors (Lipinski definition) is 1. The van der Waals surface area contributed by atoms with Crippen LogP contribution in [0.5, 0.6) is 0 Å². The third-order valence-corrected chi connectivity index (χ3v) is 4.14. The van der Waals surface area contributed by atoms with Crippen molar-refractivity contribution in [2.24, 2.45) is 5.92 Å². The second-order valence-electron chi connectivity index (χ2n) is 6.02. The van der Waals surface area contributed by atoms with Gasteiger partial charge in [0.25, 0.3) is 0 Å². The van der Waals surface area contributed by atoms with Crippen molar-refractivity contribution in [2.75, 3.05) is 19.6 Å². The second-order valence-corrected chi connectivity index (χ2v) is 6.02. The SMILES string of the molecule is CC(CN1CCCC1)Cn1cnc2ccc(C(=O)O)cc21. The fourth-order valence-corrected chi connectivity index (χ4v) is 3.13. The van der Waals surface area contributed by atoms with Crippen LogP contribution in [0.3, 0.4) is 0 Å². The molecule has 1 atom stereocenters. The average Bonchev–Trinajstić information content (AvgIpc) is 3.08. The van der Waals surface area contributed by atoms with Crippen LogP contribution in [-0.2, 0) is 6.54 Å². The molecule has 5 nitrogen and oxygen atoms in total. The molecule has 0 bridgehead atoms. The van der Waals surface area contributed by atoms with Crippen molar-refractivity contribution >= 4 is 17.0 Å². The number of carbonyl (C=O) groups is 1. The lowest BCUT2D eigenvalue weighted by Gasteiger charge is -2.20. The van der Waals surface area contributed by atoms with E-state index in [2.05, 4.69) is 21.4 Å². The number of aromatic nitrogens is 2. The Kier molecular flexibility index (Phi) is 3.92. The molecule has 1 aliphatic heterocycles. The highest BCUT2D eigenvalue weighted by Crippen LogP contribution is 2.18. The monoisotopic (exact) mass is 287 g/mol. The third kappa shape index (κ3) is 3.08. The standard InChI is InChI=1S/C16H21N3O2/c1-12(9-18-6-2-3-7-18)10-19-11-17-14-5-4-13(16(20)21)8-15(14)19/h4-5,8,11-12H,2-3,6-7,9-10H2,1H3,(H,20,21). The Labute approximate surface area is 124 Å². The fourth-order valence-electron chi connectivity index (χ4n) is 3.13. The Morgan fingerprint density at radius 1 is 1.33 bits per heavy atom. The molecule has 1 aromatic heterocycles. The van der Waals surface area contributed by atoms with Gasteiger partial charge >= 0.3 is 5.97 Å². The van der Waals surface area contributed by atoms with Crippen molar-refractivity contribution in [2.45, 2.75) is 26.3 Å². The molecular weight excluding hydrogens is 266 g/mol.